The second-order valence-electron chi connectivity index (χ2n) is 26.9. The standard InChI is InChI=1S/2C19H13N.3C18H12N2/c1-2-6-14-12(5-1)9-13-10-17-15-7-3-4-8-18(15)20-19(17)11-16(13)14;1-2-6-13-12(5-1)11-16-14(13)9-10-18-19(16)15-7-3-4-8-17(15)20-18;1-3-7-15-11(5-1)13-9-14-12-6-2-4-8-16(12)20-18(14)10-17(13)19-15;1-3-7-15-11(5-1)13-9-10-14-12-6-2-4-8-16(12)20-18(14)17(13)19-15;1-3-7-13-11(5-1)17-15(19-13)9-10-16-18(17)12-6-2-4-8-14(12)20-16/h1-8,10-11,20H,9H2;1-10,20H,11H2;3*1-10,19-20H. The van der Waals surface area contributed by atoms with Crippen molar-refractivity contribution in [1.82, 2.24) is 39.9 Å². The zero-order valence-electron chi connectivity index (χ0n) is 54.3. The first-order valence-corrected chi connectivity index (χ1v) is 34.5. The van der Waals surface area contributed by atoms with Gasteiger partial charge in [0, 0.05) is 163 Å². The summed E-state index contributed by atoms with van der Waals surface area (Å²) in [5.41, 5.74) is 30.6. The quantitative estimate of drug-likeness (QED) is 0.0737. The number of benzene rings is 15. The van der Waals surface area contributed by atoms with E-state index in [0.29, 0.717) is 0 Å². The number of aromatic nitrogens is 8. The van der Waals surface area contributed by atoms with Gasteiger partial charge in [0.1, 0.15) is 0 Å². The van der Waals surface area contributed by atoms with Gasteiger partial charge >= 0.3 is 0 Å². The third-order valence-corrected chi connectivity index (χ3v) is 21.3. The van der Waals surface area contributed by atoms with Crippen LogP contribution in [0, 0.1) is 0 Å². The average Bonchev–Trinajstić information content (AvgIpc) is 1.62. The molecule has 25 rings (SSSR count). The Bertz CT molecular complexity index is 6990. The first-order chi connectivity index (χ1) is 49.5. The Morgan fingerprint density at radius 3 is 0.950 bits per heavy atom. The summed E-state index contributed by atoms with van der Waals surface area (Å²) in [7, 11) is 0. The summed E-state index contributed by atoms with van der Waals surface area (Å²) in [6, 6.07) is 108. The Labute approximate surface area is 571 Å². The van der Waals surface area contributed by atoms with Crippen molar-refractivity contribution in [1.29, 1.82) is 0 Å². The third kappa shape index (κ3) is 8.80. The summed E-state index contributed by atoms with van der Waals surface area (Å²) in [5, 5.41) is 20.9. The fourth-order valence-electron chi connectivity index (χ4n) is 16.8. The molecule has 15 aromatic carbocycles. The van der Waals surface area contributed by atoms with Gasteiger partial charge in [-0.25, -0.2) is 0 Å². The molecule has 2 aliphatic rings. The Morgan fingerprint density at radius 1 is 0.160 bits per heavy atom. The molecule has 8 aromatic heterocycles. The number of aromatic amines is 8. The highest BCUT2D eigenvalue weighted by atomic mass is 14.8. The van der Waals surface area contributed by atoms with Crippen molar-refractivity contribution in [3.05, 3.63) is 326 Å². The topological polar surface area (TPSA) is 126 Å². The van der Waals surface area contributed by atoms with Crippen LogP contribution in [0.25, 0.3) is 197 Å². The van der Waals surface area contributed by atoms with Crippen LogP contribution in [-0.2, 0) is 12.8 Å². The normalized spacial score (nSPS) is 12.3. The van der Waals surface area contributed by atoms with Crippen LogP contribution in [0.3, 0.4) is 0 Å². The summed E-state index contributed by atoms with van der Waals surface area (Å²) >= 11 is 0. The van der Waals surface area contributed by atoms with Crippen LogP contribution in [0.4, 0.5) is 0 Å². The number of nitrogens with one attached hydrogen (secondary N) is 8. The Kier molecular flexibility index (Phi) is 12.4. The highest BCUT2D eigenvalue weighted by Gasteiger charge is 2.23. The van der Waals surface area contributed by atoms with E-state index in [9.17, 15) is 0 Å². The van der Waals surface area contributed by atoms with Crippen LogP contribution >= 0.6 is 0 Å². The molecule has 0 spiro atoms. The average molecular weight is 1280 g/mol. The van der Waals surface area contributed by atoms with Gasteiger partial charge in [0.25, 0.3) is 0 Å². The fourth-order valence-corrected chi connectivity index (χ4v) is 16.8. The number of fused-ring (bicyclic) bond motifs is 33. The van der Waals surface area contributed by atoms with Crippen LogP contribution in [0.2, 0.25) is 0 Å². The van der Waals surface area contributed by atoms with Crippen molar-refractivity contribution in [2.45, 2.75) is 12.8 Å². The number of hydrogen-bond donors (Lipinski definition) is 8. The summed E-state index contributed by atoms with van der Waals surface area (Å²) in [5.74, 6) is 0. The Hall–Kier alpha value is -13.3. The zero-order valence-corrected chi connectivity index (χ0v) is 54.3. The predicted octanol–water partition coefficient (Wildman–Crippen LogP) is 24.7. The molecule has 8 N–H and O–H groups in total. The molecule has 8 heteroatoms. The Balaban J connectivity index is 0.0000000818. The highest BCUT2D eigenvalue weighted by Crippen LogP contribution is 2.45. The Morgan fingerprint density at radius 2 is 0.480 bits per heavy atom. The first kappa shape index (κ1) is 55.9. The monoisotopic (exact) mass is 1280 g/mol. The van der Waals surface area contributed by atoms with Crippen molar-refractivity contribution >= 4 is 174 Å². The van der Waals surface area contributed by atoms with Crippen molar-refractivity contribution < 1.29 is 0 Å². The molecule has 100 heavy (non-hydrogen) atoms. The molecule has 0 atom stereocenters. The van der Waals surface area contributed by atoms with Gasteiger partial charge in [-0.2, -0.15) is 0 Å². The number of hydrogen-bond acceptors (Lipinski definition) is 0. The first-order valence-electron chi connectivity index (χ1n) is 34.5. The second kappa shape index (κ2) is 22.1. The molecular formula is C92H62N8. The molecule has 470 valence electrons. The predicted molar refractivity (Wildman–Crippen MR) is 424 cm³/mol. The van der Waals surface area contributed by atoms with Gasteiger partial charge in [0.05, 0.1) is 11.0 Å². The molecule has 23 aromatic rings. The van der Waals surface area contributed by atoms with E-state index < -0.39 is 0 Å². The van der Waals surface area contributed by atoms with Crippen LogP contribution < -0.4 is 0 Å². The molecular weight excluding hydrogens is 1220 g/mol. The lowest BCUT2D eigenvalue weighted by Crippen LogP contribution is -1.82. The van der Waals surface area contributed by atoms with E-state index in [1.54, 1.807) is 0 Å². The van der Waals surface area contributed by atoms with E-state index in [2.05, 4.69) is 343 Å². The van der Waals surface area contributed by atoms with E-state index in [4.69, 9.17) is 0 Å². The van der Waals surface area contributed by atoms with Gasteiger partial charge in [-0.3, -0.25) is 0 Å². The van der Waals surface area contributed by atoms with Crippen molar-refractivity contribution in [3.63, 3.8) is 0 Å². The minimum atomic E-state index is 1.05. The van der Waals surface area contributed by atoms with E-state index in [-0.39, 0.29) is 0 Å². The molecule has 0 saturated heterocycles. The summed E-state index contributed by atoms with van der Waals surface area (Å²) in [6.45, 7) is 0. The summed E-state index contributed by atoms with van der Waals surface area (Å²) in [6.07, 6.45) is 2.10. The van der Waals surface area contributed by atoms with Crippen LogP contribution in [0.5, 0.6) is 0 Å². The molecule has 0 saturated carbocycles. The lowest BCUT2D eigenvalue weighted by molar-refractivity contribution is 1.27. The number of rotatable bonds is 0. The van der Waals surface area contributed by atoms with Crippen LogP contribution in [0.15, 0.2) is 303 Å². The molecule has 0 bridgehead atoms. The van der Waals surface area contributed by atoms with Crippen LogP contribution in [0.1, 0.15) is 22.3 Å². The number of H-pyrrole nitrogens is 8. The molecule has 0 aliphatic heterocycles. The largest absolute Gasteiger partial charge is 0.355 e. The lowest BCUT2D eigenvalue weighted by atomic mass is 10.0. The van der Waals surface area contributed by atoms with Gasteiger partial charge in [-0.15, -0.1) is 0 Å². The number of para-hydroxylation sites is 8. The molecule has 0 fully saturated rings. The molecule has 0 unspecified atom stereocenters. The van der Waals surface area contributed by atoms with Gasteiger partial charge in [0.15, 0.2) is 0 Å². The SMILES string of the molecule is c1ccc2c(c1)Cc1c-2ccc2[nH]c3ccccc3c12.c1ccc2c(c1)Cc1cc3c(cc1-2)[nH]c1ccccc13.c1ccc2c(c1)[nH]c1c2ccc2c3ccccc3[nH]c21.c1ccc2c(c1)[nH]c1cc3[nH]c4ccccc4c3cc12.c1ccc2c(c1)[nH]c1ccc3[nH]c4ccccc4c3c12. The smallest absolute Gasteiger partial charge is 0.0710 e. The van der Waals surface area contributed by atoms with Crippen molar-refractivity contribution in [2.24, 2.45) is 0 Å². The summed E-state index contributed by atoms with van der Waals surface area (Å²) in [4.78, 5) is 28.2. The molecule has 0 amide bonds. The van der Waals surface area contributed by atoms with Gasteiger partial charge < -0.3 is 39.9 Å². The maximum absolute atomic E-state index is 3.55. The maximum atomic E-state index is 3.55. The van der Waals surface area contributed by atoms with Crippen LogP contribution in [-0.4, -0.2) is 39.9 Å². The van der Waals surface area contributed by atoms with E-state index >= 15 is 0 Å². The maximum Gasteiger partial charge on any atom is 0.0710 e. The molecule has 8 nitrogen and oxygen atoms in total. The molecule has 0 radical (unpaired) electrons. The molecule has 2 aliphatic carbocycles. The minimum Gasteiger partial charge on any atom is -0.355 e. The van der Waals surface area contributed by atoms with Crippen molar-refractivity contribution in [3.8, 4) is 22.3 Å². The van der Waals surface area contributed by atoms with Gasteiger partial charge in [-0.05, 0) is 148 Å². The van der Waals surface area contributed by atoms with Gasteiger partial charge in [0.2, 0.25) is 0 Å². The second-order valence-corrected chi connectivity index (χ2v) is 26.9. The van der Waals surface area contributed by atoms with Gasteiger partial charge in [-0.1, -0.05) is 212 Å². The third-order valence-electron chi connectivity index (χ3n) is 21.3. The zero-order chi connectivity index (χ0) is 65.5. The van der Waals surface area contributed by atoms with E-state index in [1.165, 1.54) is 219 Å². The molecule has 8 heterocycles. The lowest BCUT2D eigenvalue weighted by Gasteiger charge is -2.02. The minimum absolute atomic E-state index is 1.05. The van der Waals surface area contributed by atoms with E-state index in [0.717, 1.165) is 12.8 Å². The highest BCUT2D eigenvalue weighted by molar-refractivity contribution is 6.28. The fraction of sp³-hybridized carbons (Fsp3) is 0.0217. The van der Waals surface area contributed by atoms with E-state index in [1.807, 2.05) is 0 Å². The summed E-state index contributed by atoms with van der Waals surface area (Å²) < 4.78 is 0. The van der Waals surface area contributed by atoms with Crippen molar-refractivity contribution in [2.75, 3.05) is 0 Å².